The molecule has 3 heteroatoms. The standard InChI is InChI=1S/C13H25NO2/c1-9(2)11-4-6-12(7-5-11)13(16)14-10(3)8-15/h9-12,15H,4-8H2,1-3H3,(H,14,16)/t10-,11?,12?/m1/s1. The summed E-state index contributed by atoms with van der Waals surface area (Å²) >= 11 is 0. The molecule has 0 heterocycles. The summed E-state index contributed by atoms with van der Waals surface area (Å²) in [5, 5.41) is 11.7. The van der Waals surface area contributed by atoms with Gasteiger partial charge in [0.25, 0.3) is 0 Å². The molecule has 1 fully saturated rings. The number of rotatable bonds is 4. The molecule has 0 radical (unpaired) electrons. The number of carbonyl (C=O) groups is 1. The third-order valence-corrected chi connectivity index (χ3v) is 3.75. The Balaban J connectivity index is 2.33. The summed E-state index contributed by atoms with van der Waals surface area (Å²) in [7, 11) is 0. The largest absolute Gasteiger partial charge is 0.394 e. The van der Waals surface area contributed by atoms with Gasteiger partial charge in [-0.2, -0.15) is 0 Å². The lowest BCUT2D eigenvalue weighted by molar-refractivity contribution is -0.127. The fourth-order valence-electron chi connectivity index (χ4n) is 2.45. The summed E-state index contributed by atoms with van der Waals surface area (Å²) in [5.41, 5.74) is 0. The van der Waals surface area contributed by atoms with Crippen LogP contribution in [0.2, 0.25) is 0 Å². The molecule has 0 saturated heterocycles. The minimum atomic E-state index is -0.115. The van der Waals surface area contributed by atoms with Crippen molar-refractivity contribution in [2.24, 2.45) is 17.8 Å². The van der Waals surface area contributed by atoms with Gasteiger partial charge in [-0.1, -0.05) is 13.8 Å². The molecule has 3 nitrogen and oxygen atoms in total. The first-order chi connectivity index (χ1) is 7.54. The summed E-state index contributed by atoms with van der Waals surface area (Å²) in [5.74, 6) is 1.83. The van der Waals surface area contributed by atoms with Gasteiger partial charge in [-0.15, -0.1) is 0 Å². The van der Waals surface area contributed by atoms with Crippen molar-refractivity contribution >= 4 is 5.91 Å². The number of hydrogen-bond donors (Lipinski definition) is 2. The van der Waals surface area contributed by atoms with Gasteiger partial charge < -0.3 is 10.4 Å². The zero-order valence-electron chi connectivity index (χ0n) is 10.7. The van der Waals surface area contributed by atoms with Gasteiger partial charge in [0.15, 0.2) is 0 Å². The molecule has 1 rings (SSSR count). The van der Waals surface area contributed by atoms with E-state index in [0.29, 0.717) is 0 Å². The van der Waals surface area contributed by atoms with E-state index >= 15 is 0 Å². The van der Waals surface area contributed by atoms with E-state index in [4.69, 9.17) is 5.11 Å². The predicted molar refractivity (Wildman–Crippen MR) is 65.0 cm³/mol. The van der Waals surface area contributed by atoms with Gasteiger partial charge in [0.1, 0.15) is 0 Å². The van der Waals surface area contributed by atoms with Crippen molar-refractivity contribution in [1.82, 2.24) is 5.32 Å². The van der Waals surface area contributed by atoms with Crippen LogP contribution in [0.4, 0.5) is 0 Å². The second-order valence-corrected chi connectivity index (χ2v) is 5.45. The van der Waals surface area contributed by atoms with E-state index in [1.54, 1.807) is 0 Å². The highest BCUT2D eigenvalue weighted by atomic mass is 16.3. The third kappa shape index (κ3) is 3.78. The zero-order valence-corrected chi connectivity index (χ0v) is 10.7. The molecule has 0 aromatic carbocycles. The van der Waals surface area contributed by atoms with E-state index in [9.17, 15) is 4.79 Å². The first kappa shape index (κ1) is 13.5. The molecule has 0 spiro atoms. The SMILES string of the molecule is CC(C)C1CCC(C(=O)N[C@H](C)CO)CC1. The number of hydrogen-bond acceptors (Lipinski definition) is 2. The van der Waals surface area contributed by atoms with Crippen LogP contribution in [-0.2, 0) is 4.79 Å². The lowest BCUT2D eigenvalue weighted by Crippen LogP contribution is -2.40. The number of nitrogens with one attached hydrogen (secondary N) is 1. The second kappa shape index (κ2) is 6.24. The minimum absolute atomic E-state index is 0.0209. The maximum Gasteiger partial charge on any atom is 0.223 e. The van der Waals surface area contributed by atoms with E-state index in [1.807, 2.05) is 6.92 Å². The van der Waals surface area contributed by atoms with Crippen molar-refractivity contribution in [2.75, 3.05) is 6.61 Å². The van der Waals surface area contributed by atoms with Crippen molar-refractivity contribution in [3.63, 3.8) is 0 Å². The van der Waals surface area contributed by atoms with Crippen molar-refractivity contribution in [3.05, 3.63) is 0 Å². The highest BCUT2D eigenvalue weighted by Gasteiger charge is 2.27. The van der Waals surface area contributed by atoms with E-state index in [0.717, 1.165) is 24.7 Å². The maximum absolute atomic E-state index is 11.8. The fourth-order valence-corrected chi connectivity index (χ4v) is 2.45. The molecule has 1 aliphatic rings. The molecular weight excluding hydrogens is 202 g/mol. The molecule has 0 aliphatic heterocycles. The van der Waals surface area contributed by atoms with Crippen molar-refractivity contribution in [3.8, 4) is 0 Å². The minimum Gasteiger partial charge on any atom is -0.394 e. The molecular formula is C13H25NO2. The Hall–Kier alpha value is -0.570. The first-order valence-corrected chi connectivity index (χ1v) is 6.45. The van der Waals surface area contributed by atoms with Gasteiger partial charge in [0, 0.05) is 12.0 Å². The smallest absolute Gasteiger partial charge is 0.223 e. The maximum atomic E-state index is 11.8. The lowest BCUT2D eigenvalue weighted by atomic mass is 9.76. The number of amides is 1. The molecule has 0 aromatic heterocycles. The first-order valence-electron chi connectivity index (χ1n) is 6.45. The van der Waals surface area contributed by atoms with Gasteiger partial charge in [0.2, 0.25) is 5.91 Å². The highest BCUT2D eigenvalue weighted by molar-refractivity contribution is 5.78. The van der Waals surface area contributed by atoms with Crippen LogP contribution in [0, 0.1) is 17.8 Å². The Morgan fingerprint density at radius 1 is 1.25 bits per heavy atom. The van der Waals surface area contributed by atoms with Gasteiger partial charge >= 0.3 is 0 Å². The molecule has 94 valence electrons. The Kier molecular flexibility index (Phi) is 5.26. The van der Waals surface area contributed by atoms with E-state index < -0.39 is 0 Å². The quantitative estimate of drug-likeness (QED) is 0.771. The summed E-state index contributed by atoms with van der Waals surface area (Å²) in [4.78, 5) is 11.8. The topological polar surface area (TPSA) is 49.3 Å². The van der Waals surface area contributed by atoms with E-state index in [-0.39, 0.29) is 24.5 Å². The monoisotopic (exact) mass is 227 g/mol. The van der Waals surface area contributed by atoms with Crippen LogP contribution < -0.4 is 5.32 Å². The summed E-state index contributed by atoms with van der Waals surface area (Å²) in [6.45, 7) is 6.38. The van der Waals surface area contributed by atoms with Crippen molar-refractivity contribution in [2.45, 2.75) is 52.5 Å². The van der Waals surface area contributed by atoms with Crippen LogP contribution in [0.5, 0.6) is 0 Å². The Morgan fingerprint density at radius 2 is 1.81 bits per heavy atom. The molecule has 0 unspecified atom stereocenters. The summed E-state index contributed by atoms with van der Waals surface area (Å²) in [6.07, 6.45) is 4.35. The molecule has 0 bridgehead atoms. The average molecular weight is 227 g/mol. The van der Waals surface area contributed by atoms with Gasteiger partial charge in [-0.25, -0.2) is 0 Å². The van der Waals surface area contributed by atoms with Gasteiger partial charge in [0.05, 0.1) is 6.61 Å². The molecule has 1 atom stereocenters. The molecule has 1 amide bonds. The normalized spacial score (nSPS) is 27.8. The zero-order chi connectivity index (χ0) is 12.1. The van der Waals surface area contributed by atoms with Gasteiger partial charge in [-0.05, 0) is 44.4 Å². The Labute approximate surface area is 98.6 Å². The molecule has 0 aromatic rings. The predicted octanol–water partition coefficient (Wildman–Crippen LogP) is 1.95. The molecule has 16 heavy (non-hydrogen) atoms. The fraction of sp³-hybridized carbons (Fsp3) is 0.923. The molecule has 2 N–H and O–H groups in total. The summed E-state index contributed by atoms with van der Waals surface area (Å²) in [6, 6.07) is -0.115. The van der Waals surface area contributed by atoms with Crippen LogP contribution in [0.3, 0.4) is 0 Å². The van der Waals surface area contributed by atoms with E-state index in [2.05, 4.69) is 19.2 Å². The van der Waals surface area contributed by atoms with Crippen molar-refractivity contribution < 1.29 is 9.90 Å². The lowest BCUT2D eigenvalue weighted by Gasteiger charge is -2.30. The van der Waals surface area contributed by atoms with Crippen LogP contribution in [0.15, 0.2) is 0 Å². The van der Waals surface area contributed by atoms with Crippen LogP contribution in [0.25, 0.3) is 0 Å². The number of aliphatic hydroxyl groups excluding tert-OH is 1. The number of aliphatic hydroxyl groups is 1. The van der Waals surface area contributed by atoms with Crippen LogP contribution >= 0.6 is 0 Å². The summed E-state index contributed by atoms with van der Waals surface area (Å²) < 4.78 is 0. The Bertz CT molecular complexity index is 220. The second-order valence-electron chi connectivity index (χ2n) is 5.45. The third-order valence-electron chi connectivity index (χ3n) is 3.75. The Morgan fingerprint density at radius 3 is 2.25 bits per heavy atom. The molecule has 1 aliphatic carbocycles. The van der Waals surface area contributed by atoms with Crippen molar-refractivity contribution in [1.29, 1.82) is 0 Å². The highest BCUT2D eigenvalue weighted by Crippen LogP contribution is 2.33. The number of carbonyl (C=O) groups excluding carboxylic acids is 1. The van der Waals surface area contributed by atoms with E-state index in [1.165, 1.54) is 12.8 Å². The van der Waals surface area contributed by atoms with Crippen LogP contribution in [-0.4, -0.2) is 23.7 Å². The average Bonchev–Trinajstić information content (AvgIpc) is 2.28. The van der Waals surface area contributed by atoms with Gasteiger partial charge in [-0.3, -0.25) is 4.79 Å². The van der Waals surface area contributed by atoms with Crippen LogP contribution in [0.1, 0.15) is 46.5 Å². The molecule has 1 saturated carbocycles.